The van der Waals surface area contributed by atoms with Crippen LogP contribution in [0.15, 0.2) is 24.3 Å². The van der Waals surface area contributed by atoms with E-state index in [-0.39, 0.29) is 52.1 Å². The number of ether oxygens (including phenoxy) is 4. The summed E-state index contributed by atoms with van der Waals surface area (Å²) in [5, 5.41) is 0. The summed E-state index contributed by atoms with van der Waals surface area (Å²) in [7, 11) is 0. The van der Waals surface area contributed by atoms with Crippen LogP contribution in [-0.2, 0) is 51.0 Å². The van der Waals surface area contributed by atoms with E-state index < -0.39 is 34.7 Å². The number of carbonyl (C=O) groups excluding carboxylic acids is 4. The second-order valence-electron chi connectivity index (χ2n) is 8.67. The smallest absolute Gasteiger partial charge is 0.323 e. The van der Waals surface area contributed by atoms with E-state index >= 15 is 0 Å². The summed E-state index contributed by atoms with van der Waals surface area (Å²) in [6.07, 6.45) is 1.59. The van der Waals surface area contributed by atoms with Gasteiger partial charge in [-0.3, -0.25) is 19.2 Å². The summed E-state index contributed by atoms with van der Waals surface area (Å²) in [6.45, 7) is 11.0. The SMILES string of the molecule is CCCC(Cc1ccccc1CC(CCC)(C(=O)OCC)C(=O)OCC)(C(=O)OCC)C(=O)OCC. The van der Waals surface area contributed by atoms with Crippen LogP contribution in [0.4, 0.5) is 0 Å². The van der Waals surface area contributed by atoms with Crippen LogP contribution in [0, 0.1) is 10.8 Å². The molecule has 8 nitrogen and oxygen atoms in total. The summed E-state index contributed by atoms with van der Waals surface area (Å²) >= 11 is 0. The minimum atomic E-state index is -1.54. The van der Waals surface area contributed by atoms with Gasteiger partial charge < -0.3 is 18.9 Å². The second-order valence-corrected chi connectivity index (χ2v) is 8.67. The molecule has 0 radical (unpaired) electrons. The monoisotopic (exact) mass is 506 g/mol. The van der Waals surface area contributed by atoms with Crippen LogP contribution in [0.25, 0.3) is 0 Å². The van der Waals surface area contributed by atoms with Crippen LogP contribution in [-0.4, -0.2) is 50.3 Å². The predicted octanol–water partition coefficient (Wildman–Crippen LogP) is 4.60. The van der Waals surface area contributed by atoms with Crippen LogP contribution >= 0.6 is 0 Å². The Labute approximate surface area is 215 Å². The number of esters is 4. The molecule has 36 heavy (non-hydrogen) atoms. The fourth-order valence-electron chi connectivity index (χ4n) is 4.52. The molecule has 0 heterocycles. The first-order chi connectivity index (χ1) is 17.2. The van der Waals surface area contributed by atoms with Gasteiger partial charge in [-0.05, 0) is 64.5 Å². The molecule has 0 fully saturated rings. The summed E-state index contributed by atoms with van der Waals surface area (Å²) in [5.74, 6) is -2.57. The number of benzene rings is 1. The van der Waals surface area contributed by atoms with Gasteiger partial charge in [0.2, 0.25) is 0 Å². The molecule has 0 saturated heterocycles. The Morgan fingerprint density at radius 3 is 1.06 bits per heavy atom. The molecule has 1 rings (SSSR count). The van der Waals surface area contributed by atoms with E-state index in [1.54, 1.807) is 52.0 Å². The van der Waals surface area contributed by atoms with Crippen molar-refractivity contribution in [2.75, 3.05) is 26.4 Å². The normalized spacial score (nSPS) is 11.5. The highest BCUT2D eigenvalue weighted by Gasteiger charge is 2.51. The van der Waals surface area contributed by atoms with Gasteiger partial charge in [0.15, 0.2) is 10.8 Å². The summed E-state index contributed by atoms with van der Waals surface area (Å²) in [6, 6.07) is 7.18. The van der Waals surface area contributed by atoms with Crippen molar-refractivity contribution in [3.63, 3.8) is 0 Å². The molecule has 0 spiro atoms. The molecule has 202 valence electrons. The van der Waals surface area contributed by atoms with Crippen LogP contribution < -0.4 is 0 Å². The Hall–Kier alpha value is -2.90. The van der Waals surface area contributed by atoms with E-state index in [4.69, 9.17) is 18.9 Å². The molecule has 0 unspecified atom stereocenters. The molecule has 0 aliphatic carbocycles. The first kappa shape index (κ1) is 31.1. The minimum Gasteiger partial charge on any atom is -0.465 e. The maximum atomic E-state index is 13.2. The van der Waals surface area contributed by atoms with E-state index in [1.165, 1.54) is 0 Å². The van der Waals surface area contributed by atoms with Crippen LogP contribution in [0.2, 0.25) is 0 Å². The van der Waals surface area contributed by atoms with Crippen LogP contribution in [0.3, 0.4) is 0 Å². The van der Waals surface area contributed by atoms with Crippen LogP contribution in [0.5, 0.6) is 0 Å². The van der Waals surface area contributed by atoms with Crippen molar-refractivity contribution in [1.29, 1.82) is 0 Å². The molecule has 0 aliphatic heterocycles. The van der Waals surface area contributed by atoms with Gasteiger partial charge in [0, 0.05) is 0 Å². The quantitative estimate of drug-likeness (QED) is 0.182. The number of hydrogen-bond donors (Lipinski definition) is 0. The molecule has 0 N–H and O–H groups in total. The highest BCUT2D eigenvalue weighted by molar-refractivity contribution is 6.01. The van der Waals surface area contributed by atoms with Gasteiger partial charge in [0.1, 0.15) is 0 Å². The molecule has 0 amide bonds. The summed E-state index contributed by atoms with van der Waals surface area (Å²) < 4.78 is 21.3. The zero-order valence-corrected chi connectivity index (χ0v) is 22.6. The first-order valence-electron chi connectivity index (χ1n) is 13.0. The Balaban J connectivity index is 3.67. The number of carbonyl (C=O) groups is 4. The first-order valence-corrected chi connectivity index (χ1v) is 13.0. The molecule has 1 aromatic carbocycles. The van der Waals surface area contributed by atoms with Crippen molar-refractivity contribution in [3.05, 3.63) is 35.4 Å². The van der Waals surface area contributed by atoms with Gasteiger partial charge in [0.05, 0.1) is 26.4 Å². The van der Waals surface area contributed by atoms with E-state index in [0.29, 0.717) is 24.0 Å². The van der Waals surface area contributed by atoms with Crippen molar-refractivity contribution in [3.8, 4) is 0 Å². The lowest BCUT2D eigenvalue weighted by atomic mass is 9.73. The van der Waals surface area contributed by atoms with Gasteiger partial charge >= 0.3 is 23.9 Å². The van der Waals surface area contributed by atoms with Crippen molar-refractivity contribution >= 4 is 23.9 Å². The van der Waals surface area contributed by atoms with Crippen molar-refractivity contribution in [2.45, 2.75) is 80.1 Å². The fourth-order valence-corrected chi connectivity index (χ4v) is 4.52. The average molecular weight is 507 g/mol. The standard InChI is InChI=1S/C28H42O8/c1-7-17-27(23(29)33-9-3,24(30)34-10-4)19-21-15-13-14-16-22(21)20-28(18-8-2,25(31)35-11-5)26(32)36-12-6/h13-16H,7-12,17-20H2,1-6H3. The zero-order chi connectivity index (χ0) is 27.2. The third kappa shape index (κ3) is 7.31. The van der Waals surface area contributed by atoms with E-state index in [2.05, 4.69) is 0 Å². The van der Waals surface area contributed by atoms with Gasteiger partial charge in [-0.1, -0.05) is 51.0 Å². The van der Waals surface area contributed by atoms with E-state index in [0.717, 1.165) is 0 Å². The molecule has 0 atom stereocenters. The zero-order valence-electron chi connectivity index (χ0n) is 22.6. The molecular formula is C28H42O8. The molecule has 8 heteroatoms. The number of hydrogen-bond acceptors (Lipinski definition) is 8. The highest BCUT2D eigenvalue weighted by atomic mass is 16.6. The molecule has 0 bridgehead atoms. The second kappa shape index (κ2) is 15.3. The average Bonchev–Trinajstić information content (AvgIpc) is 2.84. The Kier molecular flexibility index (Phi) is 13.2. The van der Waals surface area contributed by atoms with Crippen molar-refractivity contribution in [2.24, 2.45) is 10.8 Å². The Bertz CT molecular complexity index is 769. The number of rotatable bonds is 16. The Morgan fingerprint density at radius 2 is 0.833 bits per heavy atom. The van der Waals surface area contributed by atoms with Gasteiger partial charge in [-0.2, -0.15) is 0 Å². The third-order valence-corrected chi connectivity index (χ3v) is 6.12. The topological polar surface area (TPSA) is 105 Å². The maximum absolute atomic E-state index is 13.2. The molecule has 0 aliphatic rings. The lowest BCUT2D eigenvalue weighted by molar-refractivity contribution is -0.175. The molecule has 0 aromatic heterocycles. The third-order valence-electron chi connectivity index (χ3n) is 6.12. The van der Waals surface area contributed by atoms with Gasteiger partial charge in [0.25, 0.3) is 0 Å². The van der Waals surface area contributed by atoms with Crippen molar-refractivity contribution in [1.82, 2.24) is 0 Å². The molecular weight excluding hydrogens is 464 g/mol. The lowest BCUT2D eigenvalue weighted by Gasteiger charge is -2.32. The largest absolute Gasteiger partial charge is 0.465 e. The highest BCUT2D eigenvalue weighted by Crippen LogP contribution is 2.37. The molecule has 1 aromatic rings. The van der Waals surface area contributed by atoms with Crippen molar-refractivity contribution < 1.29 is 38.1 Å². The minimum absolute atomic E-state index is 0.0164. The molecule has 0 saturated carbocycles. The summed E-state index contributed by atoms with van der Waals surface area (Å²) in [4.78, 5) is 52.8. The Morgan fingerprint density at radius 1 is 0.556 bits per heavy atom. The van der Waals surface area contributed by atoms with Crippen LogP contribution in [0.1, 0.15) is 78.4 Å². The van der Waals surface area contributed by atoms with E-state index in [9.17, 15) is 19.2 Å². The maximum Gasteiger partial charge on any atom is 0.323 e. The summed E-state index contributed by atoms with van der Waals surface area (Å²) in [5.41, 5.74) is -1.78. The predicted molar refractivity (Wildman–Crippen MR) is 135 cm³/mol. The fraction of sp³-hybridized carbons (Fsp3) is 0.643. The van der Waals surface area contributed by atoms with Gasteiger partial charge in [-0.25, -0.2) is 0 Å². The van der Waals surface area contributed by atoms with E-state index in [1.807, 2.05) is 13.8 Å². The lowest BCUT2D eigenvalue weighted by Crippen LogP contribution is -2.45. The van der Waals surface area contributed by atoms with Gasteiger partial charge in [-0.15, -0.1) is 0 Å².